The zero-order valence-corrected chi connectivity index (χ0v) is 22.0. The number of anilines is 2. The lowest BCUT2D eigenvalue weighted by molar-refractivity contribution is 0.0689. The van der Waals surface area contributed by atoms with E-state index in [0.717, 1.165) is 21.6 Å². The molecular formula is C27H20N4O6S2. The maximum atomic E-state index is 13.3. The summed E-state index contributed by atoms with van der Waals surface area (Å²) in [5, 5.41) is 13.7. The van der Waals surface area contributed by atoms with E-state index in [2.05, 4.69) is 15.3 Å². The number of aromatic nitrogens is 2. The quantitative estimate of drug-likeness (QED) is 0.246. The molecule has 0 radical (unpaired) electrons. The Morgan fingerprint density at radius 3 is 2.59 bits per heavy atom. The average molecular weight is 561 g/mol. The number of carbonyl (C=O) groups excluding carboxylic acids is 1. The van der Waals surface area contributed by atoms with Gasteiger partial charge in [0.1, 0.15) is 28.9 Å². The summed E-state index contributed by atoms with van der Waals surface area (Å²) in [5.41, 5.74) is 1.77. The van der Waals surface area contributed by atoms with Gasteiger partial charge in [-0.1, -0.05) is 34.8 Å². The number of rotatable bonds is 6. The van der Waals surface area contributed by atoms with Crippen LogP contribution in [0.5, 0.6) is 22.3 Å². The van der Waals surface area contributed by atoms with Crippen LogP contribution in [0.4, 0.5) is 15.6 Å². The van der Waals surface area contributed by atoms with Crippen molar-refractivity contribution in [2.24, 2.45) is 0 Å². The summed E-state index contributed by atoms with van der Waals surface area (Å²) in [4.78, 5) is 35.6. The lowest BCUT2D eigenvalue weighted by Crippen LogP contribution is -2.40. The van der Waals surface area contributed by atoms with Crippen molar-refractivity contribution in [3.8, 4) is 32.9 Å². The van der Waals surface area contributed by atoms with Crippen LogP contribution in [-0.2, 0) is 0 Å². The number of benzene rings is 3. The van der Waals surface area contributed by atoms with Gasteiger partial charge in [-0.25, -0.2) is 19.6 Å². The predicted octanol–water partition coefficient (Wildman–Crippen LogP) is 6.35. The first-order chi connectivity index (χ1) is 19.0. The van der Waals surface area contributed by atoms with Gasteiger partial charge in [0.05, 0.1) is 29.6 Å². The molecule has 0 bridgehead atoms. The summed E-state index contributed by atoms with van der Waals surface area (Å²) in [6.45, 7) is 0.664. The first-order valence-electron chi connectivity index (χ1n) is 11.8. The highest BCUT2D eigenvalue weighted by Gasteiger charge is 2.27. The van der Waals surface area contributed by atoms with Gasteiger partial charge in [0.2, 0.25) is 10.8 Å². The molecule has 3 aromatic carbocycles. The molecule has 1 aliphatic rings. The molecule has 2 N–H and O–H groups in total. The lowest BCUT2D eigenvalue weighted by atomic mass is 10.1. The highest BCUT2D eigenvalue weighted by molar-refractivity contribution is 7.22. The van der Waals surface area contributed by atoms with Crippen molar-refractivity contribution in [1.29, 1.82) is 0 Å². The maximum Gasteiger partial charge on any atom is 0.359 e. The van der Waals surface area contributed by atoms with Crippen molar-refractivity contribution in [3.05, 3.63) is 72.4 Å². The van der Waals surface area contributed by atoms with Crippen molar-refractivity contribution in [2.75, 3.05) is 30.5 Å². The topological polar surface area (TPSA) is 123 Å². The van der Waals surface area contributed by atoms with Crippen LogP contribution in [0.2, 0.25) is 0 Å². The van der Waals surface area contributed by atoms with Crippen LogP contribution in [0, 0.1) is 0 Å². The number of carbonyl (C=O) groups is 2. The van der Waals surface area contributed by atoms with Crippen LogP contribution < -0.4 is 24.4 Å². The first-order valence-corrected chi connectivity index (χ1v) is 13.4. The molecule has 0 unspecified atom stereocenters. The number of nitrogens with one attached hydrogen (secondary N) is 1. The number of hydrogen-bond donors (Lipinski definition) is 2. The summed E-state index contributed by atoms with van der Waals surface area (Å²) in [5.74, 6) is 0.428. The van der Waals surface area contributed by atoms with Gasteiger partial charge in [0, 0.05) is 5.56 Å². The molecule has 5 aromatic rings. The Bertz CT molecular complexity index is 1670. The van der Waals surface area contributed by atoms with E-state index >= 15 is 0 Å². The van der Waals surface area contributed by atoms with Gasteiger partial charge >= 0.3 is 12.0 Å². The fraction of sp³-hybridized carbons (Fsp3) is 0.111. The number of methoxy groups -OCH3 is 1. The molecule has 10 nitrogen and oxygen atoms in total. The Morgan fingerprint density at radius 2 is 1.82 bits per heavy atom. The Morgan fingerprint density at radius 1 is 1.03 bits per heavy atom. The summed E-state index contributed by atoms with van der Waals surface area (Å²) in [6.07, 6.45) is 0. The number of para-hydroxylation sites is 1. The summed E-state index contributed by atoms with van der Waals surface area (Å²) >= 11 is 2.49. The van der Waals surface area contributed by atoms with Gasteiger partial charge < -0.3 is 19.3 Å². The maximum absolute atomic E-state index is 13.3. The Kier molecular flexibility index (Phi) is 6.47. The predicted molar refractivity (Wildman–Crippen MR) is 149 cm³/mol. The highest BCUT2D eigenvalue weighted by atomic mass is 32.1. The number of aromatic carboxylic acids is 1. The van der Waals surface area contributed by atoms with Crippen LogP contribution in [0.15, 0.2) is 66.7 Å². The molecular weight excluding hydrogens is 540 g/mol. The SMILES string of the molecule is COc1ccc(Oc2sc(-c3ccc4c(c3)N(C(=O)Nc3nc5ccccc5s3)CCO4)nc2C(=O)O)cc1. The van der Waals surface area contributed by atoms with Gasteiger partial charge in [-0.2, -0.15) is 0 Å². The molecule has 0 saturated heterocycles. The second-order valence-corrected chi connectivity index (χ2v) is 10.3. The smallest absolute Gasteiger partial charge is 0.359 e. The standard InChI is InChI=1S/C27H20N4O6S2/c1-35-16-7-9-17(10-8-16)37-25-22(24(32)33)29-23(39-25)15-6-11-20-19(14-15)31(12-13-36-20)27(34)30-26-28-18-4-2-3-5-21(18)38-26/h2-11,14H,12-13H2,1H3,(H,32,33)(H,28,30,34). The molecule has 3 heterocycles. The van der Waals surface area contributed by atoms with Crippen molar-refractivity contribution in [1.82, 2.24) is 9.97 Å². The summed E-state index contributed by atoms with van der Waals surface area (Å²) in [6, 6.07) is 19.4. The van der Waals surface area contributed by atoms with E-state index in [9.17, 15) is 14.7 Å². The van der Waals surface area contributed by atoms with E-state index in [1.165, 1.54) is 11.3 Å². The number of ether oxygens (including phenoxy) is 3. The van der Waals surface area contributed by atoms with E-state index in [-0.39, 0.29) is 16.8 Å². The molecule has 0 aliphatic carbocycles. The third kappa shape index (κ3) is 4.94. The van der Waals surface area contributed by atoms with Crippen molar-refractivity contribution < 1.29 is 28.9 Å². The number of carboxylic acids is 1. The zero-order chi connectivity index (χ0) is 26.9. The van der Waals surface area contributed by atoms with Crippen molar-refractivity contribution in [3.63, 3.8) is 0 Å². The number of amides is 2. The summed E-state index contributed by atoms with van der Waals surface area (Å²) in [7, 11) is 1.56. The second kappa shape index (κ2) is 10.2. The monoisotopic (exact) mass is 560 g/mol. The number of urea groups is 1. The van der Waals surface area contributed by atoms with Crippen molar-refractivity contribution >= 4 is 55.7 Å². The molecule has 12 heteroatoms. The number of carboxylic acid groups (broad SMARTS) is 1. The number of hydrogen-bond acceptors (Lipinski definition) is 9. The summed E-state index contributed by atoms with van der Waals surface area (Å²) < 4.78 is 17.8. The molecule has 196 valence electrons. The second-order valence-electron chi connectivity index (χ2n) is 8.34. The van der Waals surface area contributed by atoms with E-state index in [1.807, 2.05) is 24.3 Å². The minimum atomic E-state index is -1.21. The highest BCUT2D eigenvalue weighted by Crippen LogP contribution is 2.41. The van der Waals surface area contributed by atoms with E-state index in [4.69, 9.17) is 14.2 Å². The normalized spacial score (nSPS) is 12.5. The third-order valence-electron chi connectivity index (χ3n) is 5.89. The Balaban J connectivity index is 1.29. The van der Waals surface area contributed by atoms with Crippen LogP contribution >= 0.6 is 22.7 Å². The van der Waals surface area contributed by atoms with E-state index < -0.39 is 5.97 Å². The minimum absolute atomic E-state index is 0.141. The van der Waals surface area contributed by atoms with Crippen LogP contribution in [0.25, 0.3) is 20.8 Å². The molecule has 0 fully saturated rings. The van der Waals surface area contributed by atoms with Crippen LogP contribution in [0.3, 0.4) is 0 Å². The lowest BCUT2D eigenvalue weighted by Gasteiger charge is -2.29. The van der Waals surface area contributed by atoms with Gasteiger partial charge in [-0.05, 0) is 54.6 Å². The Labute approximate surface area is 230 Å². The van der Waals surface area contributed by atoms with E-state index in [0.29, 0.717) is 51.8 Å². The zero-order valence-electron chi connectivity index (χ0n) is 20.4. The molecule has 1 aliphatic heterocycles. The number of thiazole rings is 2. The molecule has 0 atom stereocenters. The largest absolute Gasteiger partial charge is 0.497 e. The fourth-order valence-corrected chi connectivity index (χ4v) is 5.81. The number of nitrogens with zero attached hydrogens (tertiary/aromatic N) is 3. The van der Waals surface area contributed by atoms with Gasteiger partial charge in [0.25, 0.3) is 0 Å². The van der Waals surface area contributed by atoms with E-state index in [1.54, 1.807) is 54.5 Å². The third-order valence-corrected chi connectivity index (χ3v) is 7.82. The van der Waals surface area contributed by atoms with Crippen LogP contribution in [0.1, 0.15) is 10.5 Å². The van der Waals surface area contributed by atoms with Gasteiger partial charge in [0.15, 0.2) is 5.13 Å². The molecule has 2 amide bonds. The molecule has 6 rings (SSSR count). The first kappa shape index (κ1) is 24.6. The Hall–Kier alpha value is -4.68. The number of fused-ring (bicyclic) bond motifs is 2. The fourth-order valence-electron chi connectivity index (χ4n) is 4.03. The molecule has 39 heavy (non-hydrogen) atoms. The van der Waals surface area contributed by atoms with Crippen molar-refractivity contribution in [2.45, 2.75) is 0 Å². The molecule has 0 spiro atoms. The minimum Gasteiger partial charge on any atom is -0.497 e. The average Bonchev–Trinajstić information content (AvgIpc) is 3.56. The van der Waals surface area contributed by atoms with Gasteiger partial charge in [-0.3, -0.25) is 10.2 Å². The molecule has 0 saturated carbocycles. The van der Waals surface area contributed by atoms with Gasteiger partial charge in [-0.15, -0.1) is 0 Å². The molecule has 2 aromatic heterocycles. The van der Waals surface area contributed by atoms with Crippen LogP contribution in [-0.4, -0.2) is 47.3 Å².